The van der Waals surface area contributed by atoms with Crippen LogP contribution in [0.3, 0.4) is 0 Å². The molecule has 0 spiro atoms. The first-order valence-corrected chi connectivity index (χ1v) is 9.88. The fourth-order valence-electron chi connectivity index (χ4n) is 2.72. The van der Waals surface area contributed by atoms with E-state index in [4.69, 9.17) is 34.8 Å². The van der Waals surface area contributed by atoms with E-state index in [1.54, 1.807) is 24.3 Å². The van der Waals surface area contributed by atoms with Gasteiger partial charge < -0.3 is 5.32 Å². The van der Waals surface area contributed by atoms with Crippen molar-refractivity contribution in [2.75, 3.05) is 5.32 Å². The third kappa shape index (κ3) is 3.80. The smallest absolute Gasteiger partial charge is 0.256 e. The van der Waals surface area contributed by atoms with Crippen molar-refractivity contribution in [1.82, 2.24) is 4.98 Å². The minimum atomic E-state index is -0.276. The third-order valence-electron chi connectivity index (χ3n) is 3.97. The summed E-state index contributed by atoms with van der Waals surface area (Å²) in [5, 5.41) is 4.48. The lowest BCUT2D eigenvalue weighted by Gasteiger charge is -2.11. The summed E-state index contributed by atoms with van der Waals surface area (Å²) in [6, 6.07) is 17.9. The molecule has 2 aromatic carbocycles. The number of anilines is 1. The third-order valence-corrected chi connectivity index (χ3v) is 5.77. The Morgan fingerprint density at radius 1 is 0.963 bits per heavy atom. The normalized spacial score (nSPS) is 10.9. The van der Waals surface area contributed by atoms with Crippen molar-refractivity contribution in [3.05, 3.63) is 80.6 Å². The number of rotatable bonds is 3. The predicted molar refractivity (Wildman–Crippen MR) is 114 cm³/mol. The first kappa shape index (κ1) is 18.3. The van der Waals surface area contributed by atoms with Crippen LogP contribution >= 0.6 is 46.1 Å². The molecule has 27 heavy (non-hydrogen) atoms. The molecule has 0 fully saturated rings. The number of amides is 1. The molecule has 134 valence electrons. The zero-order valence-electron chi connectivity index (χ0n) is 13.7. The molecular formula is C20H11Cl3N2OS. The first-order valence-electron chi connectivity index (χ1n) is 7.93. The number of fused-ring (bicyclic) bond motifs is 1. The average Bonchev–Trinajstić information content (AvgIpc) is 3.09. The van der Waals surface area contributed by atoms with E-state index in [-0.39, 0.29) is 5.91 Å². The number of hydrogen-bond donors (Lipinski definition) is 1. The molecule has 0 aliphatic rings. The van der Waals surface area contributed by atoms with Gasteiger partial charge >= 0.3 is 0 Å². The van der Waals surface area contributed by atoms with E-state index in [0.717, 1.165) is 15.8 Å². The summed E-state index contributed by atoms with van der Waals surface area (Å²) < 4.78 is 0.666. The van der Waals surface area contributed by atoms with Crippen molar-refractivity contribution in [1.29, 1.82) is 0 Å². The van der Waals surface area contributed by atoms with E-state index in [9.17, 15) is 4.79 Å². The van der Waals surface area contributed by atoms with E-state index in [1.807, 2.05) is 36.4 Å². The number of thiophene rings is 1. The molecule has 0 atom stereocenters. The van der Waals surface area contributed by atoms with E-state index >= 15 is 0 Å². The molecule has 1 amide bonds. The monoisotopic (exact) mass is 432 g/mol. The SMILES string of the molecule is O=C(Nc1ccc(Cl)cc1Cl)c1cc(-c2ccc(Cl)s2)nc2ccccc12. The van der Waals surface area contributed by atoms with Crippen LogP contribution < -0.4 is 5.32 Å². The van der Waals surface area contributed by atoms with Gasteiger partial charge in [-0.1, -0.05) is 53.0 Å². The van der Waals surface area contributed by atoms with Crippen LogP contribution in [0.15, 0.2) is 60.7 Å². The summed E-state index contributed by atoms with van der Waals surface area (Å²) in [6.45, 7) is 0. The van der Waals surface area contributed by atoms with E-state index < -0.39 is 0 Å². The van der Waals surface area contributed by atoms with E-state index in [0.29, 0.717) is 31.3 Å². The average molecular weight is 434 g/mol. The maximum atomic E-state index is 13.0. The van der Waals surface area contributed by atoms with Crippen LogP contribution in [0.25, 0.3) is 21.5 Å². The maximum Gasteiger partial charge on any atom is 0.256 e. The Morgan fingerprint density at radius 3 is 2.52 bits per heavy atom. The molecule has 3 nitrogen and oxygen atoms in total. The van der Waals surface area contributed by atoms with Gasteiger partial charge in [0, 0.05) is 10.4 Å². The van der Waals surface area contributed by atoms with Crippen LogP contribution in [0.4, 0.5) is 5.69 Å². The van der Waals surface area contributed by atoms with Crippen molar-refractivity contribution >= 4 is 68.6 Å². The lowest BCUT2D eigenvalue weighted by molar-refractivity contribution is 0.102. The molecule has 0 unspecified atom stereocenters. The molecule has 0 aliphatic carbocycles. The molecule has 0 aliphatic heterocycles. The summed E-state index contributed by atoms with van der Waals surface area (Å²) in [7, 11) is 0. The number of para-hydroxylation sites is 1. The van der Waals surface area contributed by atoms with Crippen molar-refractivity contribution in [3.63, 3.8) is 0 Å². The molecular weight excluding hydrogens is 423 g/mol. The quantitative estimate of drug-likeness (QED) is 0.372. The van der Waals surface area contributed by atoms with Gasteiger partial charge in [-0.3, -0.25) is 4.79 Å². The van der Waals surface area contributed by atoms with Crippen molar-refractivity contribution < 1.29 is 4.79 Å². The highest BCUT2D eigenvalue weighted by Crippen LogP contribution is 2.33. The second kappa shape index (κ2) is 7.49. The summed E-state index contributed by atoms with van der Waals surface area (Å²) in [5.41, 5.74) is 2.42. The number of carbonyl (C=O) groups is 1. The first-order chi connectivity index (χ1) is 13.0. The molecule has 2 heterocycles. The minimum Gasteiger partial charge on any atom is -0.321 e. The van der Waals surface area contributed by atoms with Crippen LogP contribution in [0.2, 0.25) is 14.4 Å². The summed E-state index contributed by atoms with van der Waals surface area (Å²) >= 11 is 19.6. The molecule has 0 bridgehead atoms. The van der Waals surface area contributed by atoms with Crippen LogP contribution in [0.5, 0.6) is 0 Å². The molecule has 7 heteroatoms. The van der Waals surface area contributed by atoms with E-state index in [2.05, 4.69) is 10.3 Å². The number of halogens is 3. The molecule has 0 radical (unpaired) electrons. The molecule has 0 saturated carbocycles. The lowest BCUT2D eigenvalue weighted by atomic mass is 10.1. The van der Waals surface area contributed by atoms with Gasteiger partial charge in [-0.2, -0.15) is 0 Å². The molecule has 2 aromatic heterocycles. The molecule has 1 N–H and O–H groups in total. The number of nitrogens with one attached hydrogen (secondary N) is 1. The highest BCUT2D eigenvalue weighted by Gasteiger charge is 2.16. The summed E-state index contributed by atoms with van der Waals surface area (Å²) in [6.07, 6.45) is 0. The number of pyridine rings is 1. The Labute approximate surface area is 174 Å². The van der Waals surface area contributed by atoms with E-state index in [1.165, 1.54) is 11.3 Å². The highest BCUT2D eigenvalue weighted by molar-refractivity contribution is 7.19. The predicted octanol–water partition coefficient (Wildman–Crippen LogP) is 7.18. The Kier molecular flexibility index (Phi) is 5.06. The lowest BCUT2D eigenvalue weighted by Crippen LogP contribution is -2.13. The molecule has 0 saturated heterocycles. The maximum absolute atomic E-state index is 13.0. The van der Waals surface area contributed by atoms with Crippen LogP contribution in [-0.2, 0) is 0 Å². The van der Waals surface area contributed by atoms with Crippen molar-refractivity contribution in [2.24, 2.45) is 0 Å². The van der Waals surface area contributed by atoms with Gasteiger partial charge in [-0.25, -0.2) is 4.98 Å². The topological polar surface area (TPSA) is 42.0 Å². The zero-order valence-corrected chi connectivity index (χ0v) is 16.8. The van der Waals surface area contributed by atoms with Crippen LogP contribution in [0, 0.1) is 0 Å². The highest BCUT2D eigenvalue weighted by atomic mass is 35.5. The Bertz CT molecular complexity index is 1170. The largest absolute Gasteiger partial charge is 0.321 e. The van der Waals surface area contributed by atoms with Crippen molar-refractivity contribution in [2.45, 2.75) is 0 Å². The number of aromatic nitrogens is 1. The van der Waals surface area contributed by atoms with Crippen molar-refractivity contribution in [3.8, 4) is 10.6 Å². The van der Waals surface area contributed by atoms with Gasteiger partial charge in [0.15, 0.2) is 0 Å². The van der Waals surface area contributed by atoms with Gasteiger partial charge in [0.1, 0.15) is 0 Å². The number of hydrogen-bond acceptors (Lipinski definition) is 3. The molecule has 4 rings (SSSR count). The number of benzene rings is 2. The van der Waals surface area contributed by atoms with Gasteiger partial charge in [0.05, 0.1) is 36.7 Å². The number of nitrogens with zero attached hydrogens (tertiary/aromatic N) is 1. The fourth-order valence-corrected chi connectivity index (χ4v) is 4.18. The zero-order chi connectivity index (χ0) is 19.0. The number of carbonyl (C=O) groups excluding carboxylic acids is 1. The van der Waals surface area contributed by atoms with Crippen LogP contribution in [-0.4, -0.2) is 10.9 Å². The Balaban J connectivity index is 1.80. The summed E-state index contributed by atoms with van der Waals surface area (Å²) in [4.78, 5) is 18.6. The van der Waals surface area contributed by atoms with Gasteiger partial charge in [0.25, 0.3) is 5.91 Å². The summed E-state index contributed by atoms with van der Waals surface area (Å²) in [5.74, 6) is -0.276. The van der Waals surface area contributed by atoms with Gasteiger partial charge in [0.2, 0.25) is 0 Å². The minimum absolute atomic E-state index is 0.276. The standard InChI is InChI=1S/C20H11Cl3N2OS/c21-11-5-6-16(14(22)9-11)25-20(26)13-10-17(18-7-8-19(23)27-18)24-15-4-2-1-3-12(13)15/h1-10H,(H,25,26). The van der Waals surface area contributed by atoms with Gasteiger partial charge in [-0.15, -0.1) is 11.3 Å². The van der Waals surface area contributed by atoms with Gasteiger partial charge in [-0.05, 0) is 42.5 Å². The fraction of sp³-hybridized carbons (Fsp3) is 0. The Hall–Kier alpha value is -2.11. The second-order valence-corrected chi connectivity index (χ2v) is 8.31. The second-order valence-electron chi connectivity index (χ2n) is 5.75. The molecule has 4 aromatic rings. The Morgan fingerprint density at radius 2 is 1.78 bits per heavy atom. The van der Waals surface area contributed by atoms with Crippen LogP contribution in [0.1, 0.15) is 10.4 Å².